The fraction of sp³-hybridized carbons (Fsp3) is 0.385. The lowest BCUT2D eigenvalue weighted by Gasteiger charge is -2.26. The van der Waals surface area contributed by atoms with Gasteiger partial charge in [-0.1, -0.05) is 19.1 Å². The average Bonchev–Trinajstić information content (AvgIpc) is 2.31. The van der Waals surface area contributed by atoms with Crippen molar-refractivity contribution in [1.29, 1.82) is 0 Å². The van der Waals surface area contributed by atoms with Crippen LogP contribution in [0.25, 0.3) is 0 Å². The van der Waals surface area contributed by atoms with Crippen LogP contribution in [-0.4, -0.2) is 23.2 Å². The summed E-state index contributed by atoms with van der Waals surface area (Å²) < 4.78 is 0. The van der Waals surface area contributed by atoms with E-state index in [1.54, 1.807) is 0 Å². The van der Waals surface area contributed by atoms with Crippen molar-refractivity contribution in [2.75, 3.05) is 12.3 Å². The Kier molecular flexibility index (Phi) is 3.13. The molecule has 1 unspecified atom stereocenters. The predicted molar refractivity (Wildman–Crippen MR) is 68.6 cm³/mol. The third kappa shape index (κ3) is 2.30. The number of amides is 1. The number of carbonyl (C=O) groups is 1. The van der Waals surface area contributed by atoms with E-state index >= 15 is 0 Å². The van der Waals surface area contributed by atoms with Crippen LogP contribution >= 0.6 is 0 Å². The molecule has 1 amide bonds. The van der Waals surface area contributed by atoms with Crippen LogP contribution in [0.4, 0.5) is 5.69 Å². The molecule has 0 aliphatic carbocycles. The van der Waals surface area contributed by atoms with Gasteiger partial charge in [-0.05, 0) is 24.6 Å². The number of nitrogens with two attached hydrogens (primary N) is 1. The molecule has 2 N–H and O–H groups in total. The van der Waals surface area contributed by atoms with Crippen LogP contribution in [0.15, 0.2) is 29.4 Å². The normalized spacial score (nSPS) is 20.4. The summed E-state index contributed by atoms with van der Waals surface area (Å²) in [5, 5.41) is 5.96. The Morgan fingerprint density at radius 1 is 1.41 bits per heavy atom. The van der Waals surface area contributed by atoms with Crippen molar-refractivity contribution in [1.82, 2.24) is 5.01 Å². The maximum atomic E-state index is 11.7. The quantitative estimate of drug-likeness (QED) is 0.790. The Hall–Kier alpha value is -1.84. The first kappa shape index (κ1) is 11.6. The number of anilines is 1. The lowest BCUT2D eigenvalue weighted by molar-refractivity contribution is -0.132. The summed E-state index contributed by atoms with van der Waals surface area (Å²) in [6.07, 6.45) is 0.525. The Bertz CT molecular complexity index is 450. The van der Waals surface area contributed by atoms with E-state index in [4.69, 9.17) is 5.73 Å². The number of hydrogen-bond donors (Lipinski definition) is 1. The second-order valence-corrected chi connectivity index (χ2v) is 4.32. The molecule has 2 rings (SSSR count). The molecular formula is C13H17N3O. The lowest BCUT2D eigenvalue weighted by Crippen LogP contribution is -2.36. The monoisotopic (exact) mass is 231 g/mol. The largest absolute Gasteiger partial charge is 0.399 e. The average molecular weight is 231 g/mol. The molecule has 1 atom stereocenters. The molecule has 0 aromatic heterocycles. The molecule has 1 aromatic rings. The fourth-order valence-corrected chi connectivity index (χ4v) is 1.99. The summed E-state index contributed by atoms with van der Waals surface area (Å²) in [6.45, 7) is 4.57. The molecule has 0 bridgehead atoms. The summed E-state index contributed by atoms with van der Waals surface area (Å²) >= 11 is 0. The molecule has 4 heteroatoms. The van der Waals surface area contributed by atoms with Gasteiger partial charge in [0, 0.05) is 24.6 Å². The van der Waals surface area contributed by atoms with Crippen LogP contribution in [0.5, 0.6) is 0 Å². The molecule has 0 spiro atoms. The number of nitrogen functional groups attached to an aromatic ring is 1. The van der Waals surface area contributed by atoms with Crippen LogP contribution < -0.4 is 5.73 Å². The minimum atomic E-state index is 0.0965. The molecule has 0 radical (unpaired) electrons. The third-order valence-electron chi connectivity index (χ3n) is 2.97. The van der Waals surface area contributed by atoms with Gasteiger partial charge in [0.05, 0.1) is 5.71 Å². The molecule has 1 heterocycles. The lowest BCUT2D eigenvalue weighted by atomic mass is 9.94. The Morgan fingerprint density at radius 2 is 2.06 bits per heavy atom. The molecule has 0 saturated heterocycles. The number of carbonyl (C=O) groups excluding carboxylic acids is 1. The maximum Gasteiger partial charge on any atom is 0.243 e. The van der Waals surface area contributed by atoms with Crippen molar-refractivity contribution < 1.29 is 4.79 Å². The predicted octanol–water partition coefficient (Wildman–Crippen LogP) is 1.86. The second-order valence-electron chi connectivity index (χ2n) is 4.32. The van der Waals surface area contributed by atoms with E-state index in [0.29, 0.717) is 13.0 Å². The Balaban J connectivity index is 2.36. The first-order valence-electron chi connectivity index (χ1n) is 5.86. The number of hydrazone groups is 1. The van der Waals surface area contributed by atoms with E-state index in [1.165, 1.54) is 5.01 Å². The molecule has 4 nitrogen and oxygen atoms in total. The Morgan fingerprint density at radius 3 is 2.65 bits per heavy atom. The molecule has 1 aliphatic rings. The zero-order valence-electron chi connectivity index (χ0n) is 10.2. The highest BCUT2D eigenvalue weighted by atomic mass is 16.2. The number of rotatable bonds is 2. The zero-order valence-corrected chi connectivity index (χ0v) is 10.2. The highest BCUT2D eigenvalue weighted by Crippen LogP contribution is 2.21. The standard InChI is InChI=1S/C13H17N3O/c1-3-16-12(17)8-9(2)13(15-16)10-4-6-11(14)7-5-10/h4-7,9H,3,8,14H2,1-2H3. The topological polar surface area (TPSA) is 58.7 Å². The van der Waals surface area contributed by atoms with Crippen LogP contribution in [0.1, 0.15) is 25.8 Å². The van der Waals surface area contributed by atoms with Gasteiger partial charge in [0.15, 0.2) is 0 Å². The van der Waals surface area contributed by atoms with Gasteiger partial charge in [-0.3, -0.25) is 4.79 Å². The van der Waals surface area contributed by atoms with E-state index in [1.807, 2.05) is 38.1 Å². The third-order valence-corrected chi connectivity index (χ3v) is 2.97. The van der Waals surface area contributed by atoms with Gasteiger partial charge in [0.1, 0.15) is 0 Å². The zero-order chi connectivity index (χ0) is 12.4. The van der Waals surface area contributed by atoms with Gasteiger partial charge in [0.2, 0.25) is 5.91 Å². The van der Waals surface area contributed by atoms with Crippen molar-refractivity contribution in [3.63, 3.8) is 0 Å². The van der Waals surface area contributed by atoms with E-state index in [-0.39, 0.29) is 11.8 Å². The van der Waals surface area contributed by atoms with Crippen LogP contribution in [-0.2, 0) is 4.79 Å². The summed E-state index contributed by atoms with van der Waals surface area (Å²) in [4.78, 5) is 11.7. The van der Waals surface area contributed by atoms with Crippen molar-refractivity contribution in [2.24, 2.45) is 11.0 Å². The van der Waals surface area contributed by atoms with Crippen molar-refractivity contribution in [2.45, 2.75) is 20.3 Å². The molecule has 0 fully saturated rings. The highest BCUT2D eigenvalue weighted by Gasteiger charge is 2.26. The summed E-state index contributed by atoms with van der Waals surface area (Å²) in [5.41, 5.74) is 8.40. The van der Waals surface area contributed by atoms with Crippen molar-refractivity contribution in [3.8, 4) is 0 Å². The SMILES string of the molecule is CCN1N=C(c2ccc(N)cc2)C(C)CC1=O. The number of benzene rings is 1. The first-order valence-corrected chi connectivity index (χ1v) is 5.86. The van der Waals surface area contributed by atoms with Gasteiger partial charge in [-0.2, -0.15) is 5.10 Å². The van der Waals surface area contributed by atoms with Gasteiger partial charge in [-0.25, -0.2) is 5.01 Å². The highest BCUT2D eigenvalue weighted by molar-refractivity contribution is 6.05. The molecule has 90 valence electrons. The minimum absolute atomic E-state index is 0.0965. The Labute approximate surface area is 101 Å². The molecule has 1 aromatic carbocycles. The minimum Gasteiger partial charge on any atom is -0.399 e. The van der Waals surface area contributed by atoms with Crippen LogP contribution in [0.3, 0.4) is 0 Å². The van der Waals surface area contributed by atoms with Gasteiger partial charge in [-0.15, -0.1) is 0 Å². The molecule has 0 saturated carbocycles. The van der Waals surface area contributed by atoms with Crippen LogP contribution in [0.2, 0.25) is 0 Å². The van der Waals surface area contributed by atoms with Gasteiger partial charge in [0.25, 0.3) is 0 Å². The van der Waals surface area contributed by atoms with E-state index in [9.17, 15) is 4.79 Å². The first-order chi connectivity index (χ1) is 8.11. The number of nitrogens with zero attached hydrogens (tertiary/aromatic N) is 2. The second kappa shape index (κ2) is 4.57. The molecule has 17 heavy (non-hydrogen) atoms. The summed E-state index contributed by atoms with van der Waals surface area (Å²) in [7, 11) is 0. The van der Waals surface area contributed by atoms with Gasteiger partial charge < -0.3 is 5.73 Å². The van der Waals surface area contributed by atoms with Crippen LogP contribution in [0, 0.1) is 5.92 Å². The summed E-state index contributed by atoms with van der Waals surface area (Å²) in [5.74, 6) is 0.258. The van der Waals surface area contributed by atoms with Gasteiger partial charge >= 0.3 is 0 Å². The smallest absolute Gasteiger partial charge is 0.243 e. The van der Waals surface area contributed by atoms with Crippen molar-refractivity contribution >= 4 is 17.3 Å². The molecular weight excluding hydrogens is 214 g/mol. The maximum absolute atomic E-state index is 11.7. The van der Waals surface area contributed by atoms with E-state index < -0.39 is 0 Å². The summed E-state index contributed by atoms with van der Waals surface area (Å²) in [6, 6.07) is 7.62. The van der Waals surface area contributed by atoms with Crippen molar-refractivity contribution in [3.05, 3.63) is 29.8 Å². The number of hydrogen-bond acceptors (Lipinski definition) is 3. The fourth-order valence-electron chi connectivity index (χ4n) is 1.99. The van der Waals surface area contributed by atoms with E-state index in [0.717, 1.165) is 17.0 Å². The molecule has 1 aliphatic heterocycles. The van der Waals surface area contributed by atoms with E-state index in [2.05, 4.69) is 5.10 Å².